The van der Waals surface area contributed by atoms with Crippen molar-refractivity contribution in [2.45, 2.75) is 33.4 Å². The Morgan fingerprint density at radius 1 is 1.16 bits per heavy atom. The molecule has 3 heteroatoms. The zero-order chi connectivity index (χ0) is 14.0. The molecule has 2 rings (SSSR count). The minimum Gasteiger partial charge on any atom is -0.322 e. The number of aryl methyl sites for hydroxylation is 3. The normalized spacial score (nSPS) is 12.4. The van der Waals surface area contributed by atoms with E-state index in [0.29, 0.717) is 6.54 Å². The molecule has 0 saturated heterocycles. The van der Waals surface area contributed by atoms with Gasteiger partial charge in [-0.25, -0.2) is 0 Å². The van der Waals surface area contributed by atoms with Crippen LogP contribution in [-0.2, 0) is 6.54 Å². The Balaban J connectivity index is 2.30. The summed E-state index contributed by atoms with van der Waals surface area (Å²) in [5.74, 6) is 0. The first-order valence-corrected chi connectivity index (χ1v) is 6.48. The first-order valence-electron chi connectivity index (χ1n) is 6.48. The maximum Gasteiger partial charge on any atom is 0.253 e. The lowest BCUT2D eigenvalue weighted by molar-refractivity contribution is 0.557. The van der Waals surface area contributed by atoms with Crippen molar-refractivity contribution in [1.29, 1.82) is 0 Å². The molecular weight excluding hydrogens is 236 g/mol. The molecule has 1 aromatic carbocycles. The number of hydrogen-bond donors (Lipinski definition) is 1. The van der Waals surface area contributed by atoms with Crippen molar-refractivity contribution in [3.8, 4) is 0 Å². The maximum absolute atomic E-state index is 12.0. The number of rotatable bonds is 3. The Morgan fingerprint density at radius 2 is 1.89 bits per heavy atom. The molecule has 0 saturated carbocycles. The van der Waals surface area contributed by atoms with Gasteiger partial charge in [0.1, 0.15) is 0 Å². The number of pyridine rings is 1. The predicted octanol–water partition coefficient (Wildman–Crippen LogP) is 2.47. The smallest absolute Gasteiger partial charge is 0.253 e. The largest absolute Gasteiger partial charge is 0.322 e. The monoisotopic (exact) mass is 256 g/mol. The molecule has 0 aliphatic carbocycles. The minimum absolute atomic E-state index is 0.0308. The predicted molar refractivity (Wildman–Crippen MR) is 78.3 cm³/mol. The zero-order valence-corrected chi connectivity index (χ0v) is 11.7. The van der Waals surface area contributed by atoms with E-state index in [1.807, 2.05) is 26.0 Å². The second-order valence-electron chi connectivity index (χ2n) is 5.12. The Morgan fingerprint density at radius 3 is 2.63 bits per heavy atom. The molecular formula is C16H20N2O. The zero-order valence-electron chi connectivity index (χ0n) is 11.7. The molecule has 2 aromatic rings. The highest BCUT2D eigenvalue weighted by Gasteiger charge is 2.11. The molecule has 1 aromatic heterocycles. The van der Waals surface area contributed by atoms with Crippen LogP contribution in [0.2, 0.25) is 0 Å². The van der Waals surface area contributed by atoms with Crippen molar-refractivity contribution in [2.75, 3.05) is 0 Å². The van der Waals surface area contributed by atoms with Gasteiger partial charge in [-0.15, -0.1) is 0 Å². The summed E-state index contributed by atoms with van der Waals surface area (Å²) < 4.78 is 1.68. The van der Waals surface area contributed by atoms with Gasteiger partial charge < -0.3 is 10.3 Å². The fourth-order valence-electron chi connectivity index (χ4n) is 2.27. The van der Waals surface area contributed by atoms with Crippen LogP contribution >= 0.6 is 0 Å². The molecule has 1 atom stereocenters. The molecule has 0 radical (unpaired) electrons. The summed E-state index contributed by atoms with van der Waals surface area (Å²) in [6.45, 7) is 6.43. The number of benzene rings is 1. The van der Waals surface area contributed by atoms with Crippen LogP contribution in [-0.4, -0.2) is 4.57 Å². The molecule has 2 N–H and O–H groups in total. The fourth-order valence-corrected chi connectivity index (χ4v) is 2.27. The maximum atomic E-state index is 12.0. The van der Waals surface area contributed by atoms with E-state index >= 15 is 0 Å². The van der Waals surface area contributed by atoms with Gasteiger partial charge in [-0.2, -0.15) is 0 Å². The van der Waals surface area contributed by atoms with Gasteiger partial charge in [0.25, 0.3) is 5.56 Å². The SMILES string of the molecule is Cc1ccc(C)c(C(N)Cn2cccc(C)c2=O)c1. The summed E-state index contributed by atoms with van der Waals surface area (Å²) in [5.41, 5.74) is 10.5. The lowest BCUT2D eigenvalue weighted by atomic mass is 9.99. The number of nitrogens with zero attached hydrogens (tertiary/aromatic N) is 1. The van der Waals surface area contributed by atoms with Crippen LogP contribution in [0, 0.1) is 20.8 Å². The van der Waals surface area contributed by atoms with Crippen molar-refractivity contribution in [1.82, 2.24) is 4.57 Å². The molecule has 0 amide bonds. The molecule has 1 unspecified atom stereocenters. The highest BCUT2D eigenvalue weighted by molar-refractivity contribution is 5.32. The molecule has 100 valence electrons. The van der Waals surface area contributed by atoms with E-state index in [0.717, 1.165) is 11.1 Å². The highest BCUT2D eigenvalue weighted by atomic mass is 16.1. The van der Waals surface area contributed by atoms with Crippen molar-refractivity contribution in [2.24, 2.45) is 5.73 Å². The van der Waals surface area contributed by atoms with E-state index in [-0.39, 0.29) is 11.6 Å². The van der Waals surface area contributed by atoms with Gasteiger partial charge in [0.05, 0.1) is 0 Å². The van der Waals surface area contributed by atoms with E-state index in [1.54, 1.807) is 10.8 Å². The van der Waals surface area contributed by atoms with Gasteiger partial charge in [0, 0.05) is 24.3 Å². The van der Waals surface area contributed by atoms with Crippen molar-refractivity contribution >= 4 is 0 Å². The third-order valence-corrected chi connectivity index (χ3v) is 3.44. The molecule has 19 heavy (non-hydrogen) atoms. The summed E-state index contributed by atoms with van der Waals surface area (Å²) in [5, 5.41) is 0. The van der Waals surface area contributed by atoms with E-state index in [2.05, 4.69) is 25.1 Å². The van der Waals surface area contributed by atoms with E-state index in [4.69, 9.17) is 5.73 Å². The van der Waals surface area contributed by atoms with E-state index in [1.165, 1.54) is 11.1 Å². The average Bonchev–Trinajstić information content (AvgIpc) is 2.38. The third-order valence-electron chi connectivity index (χ3n) is 3.44. The Kier molecular flexibility index (Phi) is 3.86. The average molecular weight is 256 g/mol. The second-order valence-corrected chi connectivity index (χ2v) is 5.12. The van der Waals surface area contributed by atoms with Crippen LogP contribution in [0.1, 0.15) is 28.3 Å². The van der Waals surface area contributed by atoms with Crippen molar-refractivity contribution in [3.63, 3.8) is 0 Å². The lowest BCUT2D eigenvalue weighted by Gasteiger charge is -2.17. The Bertz CT molecular complexity index is 643. The topological polar surface area (TPSA) is 48.0 Å². The summed E-state index contributed by atoms with van der Waals surface area (Å²) in [4.78, 5) is 12.0. The van der Waals surface area contributed by atoms with Gasteiger partial charge in [-0.3, -0.25) is 4.79 Å². The molecule has 1 heterocycles. The fraction of sp³-hybridized carbons (Fsp3) is 0.312. The summed E-state index contributed by atoms with van der Waals surface area (Å²) in [7, 11) is 0. The van der Waals surface area contributed by atoms with Crippen molar-refractivity contribution in [3.05, 3.63) is 69.1 Å². The molecule has 0 aliphatic rings. The van der Waals surface area contributed by atoms with Crippen LogP contribution in [0.15, 0.2) is 41.3 Å². The molecule has 3 nitrogen and oxygen atoms in total. The first kappa shape index (κ1) is 13.6. The number of aromatic nitrogens is 1. The quantitative estimate of drug-likeness (QED) is 0.917. The van der Waals surface area contributed by atoms with Gasteiger partial charge in [0.2, 0.25) is 0 Å². The van der Waals surface area contributed by atoms with Crippen molar-refractivity contribution < 1.29 is 0 Å². The first-order chi connectivity index (χ1) is 8.99. The minimum atomic E-state index is -0.167. The Labute approximate surface area is 113 Å². The van der Waals surface area contributed by atoms with Crippen LogP contribution in [0.4, 0.5) is 0 Å². The number of nitrogens with two attached hydrogens (primary N) is 1. The van der Waals surface area contributed by atoms with Crippen LogP contribution in [0.25, 0.3) is 0 Å². The lowest BCUT2D eigenvalue weighted by Crippen LogP contribution is -2.27. The van der Waals surface area contributed by atoms with E-state index in [9.17, 15) is 4.79 Å². The molecule has 0 bridgehead atoms. The summed E-state index contributed by atoms with van der Waals surface area (Å²) in [6.07, 6.45) is 1.79. The number of hydrogen-bond acceptors (Lipinski definition) is 2. The van der Waals surface area contributed by atoms with Gasteiger partial charge >= 0.3 is 0 Å². The van der Waals surface area contributed by atoms with Gasteiger partial charge in [-0.1, -0.05) is 29.8 Å². The summed E-state index contributed by atoms with van der Waals surface area (Å²) in [6, 6.07) is 9.78. The molecule has 0 fully saturated rings. The van der Waals surface area contributed by atoms with Gasteiger partial charge in [0.15, 0.2) is 0 Å². The second kappa shape index (κ2) is 5.41. The summed E-state index contributed by atoms with van der Waals surface area (Å²) >= 11 is 0. The van der Waals surface area contributed by atoms with E-state index < -0.39 is 0 Å². The Hall–Kier alpha value is -1.87. The van der Waals surface area contributed by atoms with Crippen LogP contribution < -0.4 is 11.3 Å². The van der Waals surface area contributed by atoms with Gasteiger partial charge in [-0.05, 0) is 38.0 Å². The molecule has 0 aliphatic heterocycles. The van der Waals surface area contributed by atoms with Crippen LogP contribution in [0.3, 0.4) is 0 Å². The highest BCUT2D eigenvalue weighted by Crippen LogP contribution is 2.18. The third kappa shape index (κ3) is 2.93. The van der Waals surface area contributed by atoms with Crippen LogP contribution in [0.5, 0.6) is 0 Å². The standard InChI is InChI=1S/C16H20N2O/c1-11-6-7-12(2)14(9-11)15(17)10-18-8-4-5-13(3)16(18)19/h4-9,15H,10,17H2,1-3H3. The molecule has 0 spiro atoms.